The molecule has 2 N–H and O–H groups in total. The van der Waals surface area contributed by atoms with Gasteiger partial charge in [0.25, 0.3) is 0 Å². The molecule has 0 aromatic heterocycles. The van der Waals surface area contributed by atoms with Crippen LogP contribution in [0.3, 0.4) is 0 Å². The topological polar surface area (TPSA) is 41.1 Å². The monoisotopic (exact) mass is 232 g/mol. The maximum atomic E-state index is 12.0. The summed E-state index contributed by atoms with van der Waals surface area (Å²) in [6.07, 6.45) is 3.08. The standard InChI is InChI=1S/C14H20N2O/c1-2-11-5-3-7-13(9-11)16-14(17)12-6-4-8-15-10-12/h3,5,7,9,12,15H,2,4,6,8,10H2,1H3,(H,16,17)/t12-/m1/s1. The molecule has 3 heteroatoms. The first-order chi connectivity index (χ1) is 8.29. The molecule has 1 aliphatic rings. The summed E-state index contributed by atoms with van der Waals surface area (Å²) in [6.45, 7) is 3.96. The van der Waals surface area contributed by atoms with E-state index in [0.29, 0.717) is 0 Å². The second-order valence-electron chi connectivity index (χ2n) is 4.59. The van der Waals surface area contributed by atoms with E-state index >= 15 is 0 Å². The molecular weight excluding hydrogens is 212 g/mol. The number of aryl methyl sites for hydroxylation is 1. The van der Waals surface area contributed by atoms with Crippen molar-refractivity contribution in [2.45, 2.75) is 26.2 Å². The van der Waals surface area contributed by atoms with Gasteiger partial charge in [-0.1, -0.05) is 19.1 Å². The van der Waals surface area contributed by atoms with Crippen LogP contribution in [0.1, 0.15) is 25.3 Å². The fourth-order valence-corrected chi connectivity index (χ4v) is 2.19. The van der Waals surface area contributed by atoms with Crippen LogP contribution >= 0.6 is 0 Å². The molecule has 1 heterocycles. The first-order valence-corrected chi connectivity index (χ1v) is 6.40. The van der Waals surface area contributed by atoms with Gasteiger partial charge < -0.3 is 10.6 Å². The van der Waals surface area contributed by atoms with Gasteiger partial charge in [0.2, 0.25) is 5.91 Å². The van der Waals surface area contributed by atoms with Crippen molar-refractivity contribution in [3.8, 4) is 0 Å². The molecule has 0 saturated carbocycles. The average Bonchev–Trinajstić information content (AvgIpc) is 2.40. The van der Waals surface area contributed by atoms with Gasteiger partial charge in [0.1, 0.15) is 0 Å². The van der Waals surface area contributed by atoms with Gasteiger partial charge in [0, 0.05) is 12.2 Å². The highest BCUT2D eigenvalue weighted by atomic mass is 16.1. The number of rotatable bonds is 3. The molecule has 1 atom stereocenters. The maximum Gasteiger partial charge on any atom is 0.228 e. The van der Waals surface area contributed by atoms with E-state index in [9.17, 15) is 4.79 Å². The minimum atomic E-state index is 0.119. The molecule has 0 unspecified atom stereocenters. The van der Waals surface area contributed by atoms with E-state index in [1.54, 1.807) is 0 Å². The highest BCUT2D eigenvalue weighted by Crippen LogP contribution is 2.15. The number of carbonyl (C=O) groups excluding carboxylic acids is 1. The second-order valence-corrected chi connectivity index (χ2v) is 4.59. The van der Waals surface area contributed by atoms with Crippen LogP contribution in [0.25, 0.3) is 0 Å². The summed E-state index contributed by atoms with van der Waals surface area (Å²) >= 11 is 0. The average molecular weight is 232 g/mol. The Morgan fingerprint density at radius 3 is 3.12 bits per heavy atom. The largest absolute Gasteiger partial charge is 0.326 e. The molecule has 1 aromatic carbocycles. The number of anilines is 1. The highest BCUT2D eigenvalue weighted by Gasteiger charge is 2.20. The van der Waals surface area contributed by atoms with E-state index in [4.69, 9.17) is 0 Å². The van der Waals surface area contributed by atoms with Gasteiger partial charge in [0.05, 0.1) is 5.92 Å². The van der Waals surface area contributed by atoms with E-state index in [1.165, 1.54) is 5.56 Å². The summed E-state index contributed by atoms with van der Waals surface area (Å²) in [6, 6.07) is 8.08. The quantitative estimate of drug-likeness (QED) is 0.838. The Kier molecular flexibility index (Phi) is 4.15. The lowest BCUT2D eigenvalue weighted by Crippen LogP contribution is -2.37. The van der Waals surface area contributed by atoms with E-state index in [2.05, 4.69) is 23.6 Å². The Hall–Kier alpha value is -1.35. The third-order valence-electron chi connectivity index (χ3n) is 3.27. The smallest absolute Gasteiger partial charge is 0.228 e. The third kappa shape index (κ3) is 3.30. The van der Waals surface area contributed by atoms with E-state index in [-0.39, 0.29) is 11.8 Å². The molecule has 0 bridgehead atoms. The zero-order valence-electron chi connectivity index (χ0n) is 10.3. The van der Waals surface area contributed by atoms with Crippen LogP contribution in [-0.4, -0.2) is 19.0 Å². The van der Waals surface area contributed by atoms with E-state index in [1.807, 2.05) is 18.2 Å². The summed E-state index contributed by atoms with van der Waals surface area (Å²) in [5, 5.41) is 6.27. The van der Waals surface area contributed by atoms with Crippen molar-refractivity contribution in [1.82, 2.24) is 5.32 Å². The Labute approximate surface area is 103 Å². The summed E-state index contributed by atoms with van der Waals surface area (Å²) in [5.41, 5.74) is 2.17. The SMILES string of the molecule is CCc1cccc(NC(=O)[C@@H]2CCCNC2)c1. The Morgan fingerprint density at radius 1 is 1.53 bits per heavy atom. The normalized spacial score (nSPS) is 19.9. The Morgan fingerprint density at radius 2 is 2.41 bits per heavy atom. The zero-order chi connectivity index (χ0) is 12.1. The minimum Gasteiger partial charge on any atom is -0.326 e. The molecule has 3 nitrogen and oxygen atoms in total. The van der Waals surface area contributed by atoms with Crippen LogP contribution in [-0.2, 0) is 11.2 Å². The van der Waals surface area contributed by atoms with Gasteiger partial charge in [-0.05, 0) is 43.5 Å². The molecule has 1 aliphatic heterocycles. The molecule has 17 heavy (non-hydrogen) atoms. The number of piperidine rings is 1. The van der Waals surface area contributed by atoms with Gasteiger partial charge in [-0.2, -0.15) is 0 Å². The molecule has 1 aromatic rings. The van der Waals surface area contributed by atoms with Crippen molar-refractivity contribution in [3.63, 3.8) is 0 Å². The number of amides is 1. The number of benzene rings is 1. The van der Waals surface area contributed by atoms with Crippen molar-refractivity contribution in [1.29, 1.82) is 0 Å². The van der Waals surface area contributed by atoms with Crippen LogP contribution < -0.4 is 10.6 Å². The minimum absolute atomic E-state index is 0.119. The Balaban J connectivity index is 1.96. The fourth-order valence-electron chi connectivity index (χ4n) is 2.19. The number of nitrogens with one attached hydrogen (secondary N) is 2. The van der Waals surface area contributed by atoms with Gasteiger partial charge in [-0.15, -0.1) is 0 Å². The van der Waals surface area contributed by atoms with Crippen LogP contribution in [0.15, 0.2) is 24.3 Å². The predicted octanol–water partition coefficient (Wildman–Crippen LogP) is 2.19. The Bertz CT molecular complexity index is 384. The van der Waals surface area contributed by atoms with Gasteiger partial charge >= 0.3 is 0 Å². The van der Waals surface area contributed by atoms with Crippen LogP contribution in [0.4, 0.5) is 5.69 Å². The third-order valence-corrected chi connectivity index (χ3v) is 3.27. The second kappa shape index (κ2) is 5.82. The van der Waals surface area contributed by atoms with Gasteiger partial charge in [-0.3, -0.25) is 4.79 Å². The summed E-state index contributed by atoms with van der Waals surface area (Å²) in [5.74, 6) is 0.263. The van der Waals surface area contributed by atoms with Gasteiger partial charge in [0.15, 0.2) is 0 Å². The van der Waals surface area contributed by atoms with Crippen molar-refractivity contribution >= 4 is 11.6 Å². The number of hydrogen-bond donors (Lipinski definition) is 2. The van der Waals surface area contributed by atoms with Crippen molar-refractivity contribution in [2.24, 2.45) is 5.92 Å². The summed E-state index contributed by atoms with van der Waals surface area (Å²) < 4.78 is 0. The molecule has 1 amide bonds. The highest BCUT2D eigenvalue weighted by molar-refractivity contribution is 5.92. The molecule has 92 valence electrons. The first kappa shape index (κ1) is 12.1. The van der Waals surface area contributed by atoms with Crippen molar-refractivity contribution in [3.05, 3.63) is 29.8 Å². The maximum absolute atomic E-state index is 12.0. The summed E-state index contributed by atoms with van der Waals surface area (Å²) in [7, 11) is 0. The van der Waals surface area contributed by atoms with Crippen LogP contribution in [0.5, 0.6) is 0 Å². The van der Waals surface area contributed by atoms with Crippen LogP contribution in [0, 0.1) is 5.92 Å². The number of carbonyl (C=O) groups is 1. The molecule has 1 fully saturated rings. The van der Waals surface area contributed by atoms with E-state index in [0.717, 1.165) is 38.0 Å². The lowest BCUT2D eigenvalue weighted by molar-refractivity contribution is -0.120. The first-order valence-electron chi connectivity index (χ1n) is 6.40. The molecular formula is C14H20N2O. The molecule has 0 radical (unpaired) electrons. The van der Waals surface area contributed by atoms with Crippen LogP contribution in [0.2, 0.25) is 0 Å². The fraction of sp³-hybridized carbons (Fsp3) is 0.500. The molecule has 2 rings (SSSR count). The van der Waals surface area contributed by atoms with Gasteiger partial charge in [-0.25, -0.2) is 0 Å². The zero-order valence-corrected chi connectivity index (χ0v) is 10.3. The lowest BCUT2D eigenvalue weighted by atomic mass is 9.98. The number of hydrogen-bond acceptors (Lipinski definition) is 2. The summed E-state index contributed by atoms with van der Waals surface area (Å²) in [4.78, 5) is 12.0. The predicted molar refractivity (Wildman–Crippen MR) is 70.0 cm³/mol. The van der Waals surface area contributed by atoms with E-state index < -0.39 is 0 Å². The van der Waals surface area contributed by atoms with Crippen molar-refractivity contribution < 1.29 is 4.79 Å². The molecule has 0 spiro atoms. The lowest BCUT2D eigenvalue weighted by Gasteiger charge is -2.22. The molecule has 1 saturated heterocycles. The van der Waals surface area contributed by atoms with Crippen molar-refractivity contribution in [2.75, 3.05) is 18.4 Å². The molecule has 0 aliphatic carbocycles.